The second-order valence-corrected chi connectivity index (χ2v) is 9.44. The van der Waals surface area contributed by atoms with Crippen LogP contribution in [0.25, 0.3) is 0 Å². The van der Waals surface area contributed by atoms with Gasteiger partial charge < -0.3 is 9.88 Å². The second-order valence-electron chi connectivity index (χ2n) is 7.07. The number of aryl methyl sites for hydroxylation is 2. The van der Waals surface area contributed by atoms with Crippen molar-refractivity contribution < 1.29 is 4.79 Å². The van der Waals surface area contributed by atoms with E-state index < -0.39 is 0 Å². The Labute approximate surface area is 196 Å². The maximum absolute atomic E-state index is 12.5. The summed E-state index contributed by atoms with van der Waals surface area (Å²) in [5.41, 5.74) is 4.21. The monoisotopic (exact) mass is 472 g/mol. The number of thioether (sulfide) groups is 2. The highest BCUT2D eigenvalue weighted by molar-refractivity contribution is 7.99. The van der Waals surface area contributed by atoms with E-state index in [0.717, 1.165) is 44.3 Å². The van der Waals surface area contributed by atoms with Gasteiger partial charge in [-0.3, -0.25) is 4.79 Å². The Morgan fingerprint density at radius 3 is 2.68 bits per heavy atom. The number of halogens is 1. The van der Waals surface area contributed by atoms with Crippen LogP contribution in [0.15, 0.2) is 60.3 Å². The third-order valence-corrected chi connectivity index (χ3v) is 6.74. The van der Waals surface area contributed by atoms with Crippen LogP contribution in [-0.2, 0) is 22.8 Å². The third kappa shape index (κ3) is 6.89. The largest absolute Gasteiger partial charge is 0.325 e. The summed E-state index contributed by atoms with van der Waals surface area (Å²) in [5, 5.41) is 13.1. The summed E-state index contributed by atoms with van der Waals surface area (Å²) >= 11 is 9.08. The van der Waals surface area contributed by atoms with Crippen LogP contribution in [-0.4, -0.2) is 26.4 Å². The van der Waals surface area contributed by atoms with Crippen LogP contribution in [0.3, 0.4) is 0 Å². The van der Waals surface area contributed by atoms with Gasteiger partial charge in [0.2, 0.25) is 5.91 Å². The third-order valence-electron chi connectivity index (χ3n) is 4.52. The predicted molar refractivity (Wildman–Crippen MR) is 132 cm³/mol. The number of carbonyl (C=O) groups is 1. The molecule has 0 aliphatic heterocycles. The molecule has 1 N–H and O–H groups in total. The highest BCUT2D eigenvalue weighted by Gasteiger charge is 2.14. The second kappa shape index (κ2) is 11.4. The first-order valence-corrected chi connectivity index (χ1v) is 12.3. The van der Waals surface area contributed by atoms with E-state index in [1.807, 2.05) is 67.0 Å². The average molecular weight is 473 g/mol. The SMILES string of the molecule is C=CCn1c(CSCc2ccc(Cl)cc2)nnc1SCC(=O)Nc1cc(C)ccc1C. The molecule has 0 bridgehead atoms. The van der Waals surface area contributed by atoms with E-state index in [9.17, 15) is 4.79 Å². The standard InChI is InChI=1S/C23H25ClN4OS2/c1-4-11-28-21(14-30-13-18-7-9-19(24)10-8-18)26-27-23(28)31-15-22(29)25-20-12-16(2)5-6-17(20)3/h4-10,12H,1,11,13-15H2,2-3H3,(H,25,29). The first-order valence-electron chi connectivity index (χ1n) is 9.81. The number of benzene rings is 2. The summed E-state index contributed by atoms with van der Waals surface area (Å²) in [6, 6.07) is 13.9. The van der Waals surface area contributed by atoms with Gasteiger partial charge in [-0.2, -0.15) is 0 Å². The predicted octanol–water partition coefficient (Wildman–Crippen LogP) is 5.90. The Morgan fingerprint density at radius 1 is 1.16 bits per heavy atom. The molecule has 1 heterocycles. The Bertz CT molecular complexity index is 1050. The van der Waals surface area contributed by atoms with E-state index in [4.69, 9.17) is 11.6 Å². The first-order chi connectivity index (χ1) is 15.0. The normalized spacial score (nSPS) is 10.8. The minimum Gasteiger partial charge on any atom is -0.325 e. The Kier molecular flexibility index (Phi) is 8.63. The zero-order valence-corrected chi connectivity index (χ0v) is 20.0. The molecule has 2 aromatic carbocycles. The lowest BCUT2D eigenvalue weighted by Crippen LogP contribution is -2.15. The van der Waals surface area contributed by atoms with Crippen molar-refractivity contribution >= 4 is 46.7 Å². The summed E-state index contributed by atoms with van der Waals surface area (Å²) < 4.78 is 2.01. The van der Waals surface area contributed by atoms with Gasteiger partial charge in [-0.15, -0.1) is 28.5 Å². The van der Waals surface area contributed by atoms with Gasteiger partial charge in [0.15, 0.2) is 5.16 Å². The Hall–Kier alpha value is -2.22. The number of hydrogen-bond donors (Lipinski definition) is 1. The number of amides is 1. The highest BCUT2D eigenvalue weighted by atomic mass is 35.5. The molecule has 0 fully saturated rings. The summed E-state index contributed by atoms with van der Waals surface area (Å²) in [5.74, 6) is 2.65. The number of nitrogens with zero attached hydrogens (tertiary/aromatic N) is 3. The first kappa shape index (κ1) is 23.4. The number of carbonyl (C=O) groups excluding carboxylic acids is 1. The van der Waals surface area contributed by atoms with Crippen LogP contribution in [0.2, 0.25) is 5.02 Å². The Balaban J connectivity index is 1.57. The molecule has 0 atom stereocenters. The average Bonchev–Trinajstić information content (AvgIpc) is 3.12. The fraction of sp³-hybridized carbons (Fsp3) is 0.261. The van der Waals surface area contributed by atoms with Gasteiger partial charge in [0, 0.05) is 23.0 Å². The smallest absolute Gasteiger partial charge is 0.234 e. The minimum absolute atomic E-state index is 0.0643. The minimum atomic E-state index is -0.0643. The zero-order valence-electron chi connectivity index (χ0n) is 17.6. The highest BCUT2D eigenvalue weighted by Crippen LogP contribution is 2.23. The fourth-order valence-electron chi connectivity index (χ4n) is 2.87. The molecule has 31 heavy (non-hydrogen) atoms. The molecule has 3 aromatic rings. The molecule has 0 saturated heterocycles. The molecule has 0 aliphatic carbocycles. The summed E-state index contributed by atoms with van der Waals surface area (Å²) in [4.78, 5) is 12.5. The van der Waals surface area contributed by atoms with Crippen LogP contribution >= 0.6 is 35.1 Å². The van der Waals surface area contributed by atoms with Gasteiger partial charge in [-0.25, -0.2) is 0 Å². The van der Waals surface area contributed by atoms with Crippen molar-refractivity contribution in [3.8, 4) is 0 Å². The summed E-state index contributed by atoms with van der Waals surface area (Å²) in [6.07, 6.45) is 1.82. The van der Waals surface area contributed by atoms with Gasteiger partial charge in [0.05, 0.1) is 11.5 Å². The lowest BCUT2D eigenvalue weighted by atomic mass is 10.1. The van der Waals surface area contributed by atoms with Crippen molar-refractivity contribution in [2.45, 2.75) is 37.1 Å². The van der Waals surface area contributed by atoms with Crippen LogP contribution in [0.1, 0.15) is 22.5 Å². The molecule has 5 nitrogen and oxygen atoms in total. The Morgan fingerprint density at radius 2 is 1.94 bits per heavy atom. The summed E-state index contributed by atoms with van der Waals surface area (Å²) in [7, 11) is 0. The van der Waals surface area contributed by atoms with Gasteiger partial charge in [-0.1, -0.05) is 53.7 Å². The number of aromatic nitrogens is 3. The van der Waals surface area contributed by atoms with E-state index in [2.05, 4.69) is 22.1 Å². The molecule has 0 radical (unpaired) electrons. The molecule has 0 unspecified atom stereocenters. The number of anilines is 1. The molecule has 8 heteroatoms. The van der Waals surface area contributed by atoms with Crippen LogP contribution in [0, 0.1) is 13.8 Å². The van der Waals surface area contributed by atoms with Crippen LogP contribution < -0.4 is 5.32 Å². The van der Waals surface area contributed by atoms with Crippen LogP contribution in [0.4, 0.5) is 5.69 Å². The molecule has 1 aromatic heterocycles. The molecule has 0 spiro atoms. The molecular weight excluding hydrogens is 448 g/mol. The zero-order chi connectivity index (χ0) is 22.2. The van der Waals surface area contributed by atoms with Crippen molar-refractivity contribution in [1.29, 1.82) is 0 Å². The molecule has 162 valence electrons. The van der Waals surface area contributed by atoms with Gasteiger partial charge >= 0.3 is 0 Å². The molecular formula is C23H25ClN4OS2. The van der Waals surface area contributed by atoms with Crippen molar-refractivity contribution in [1.82, 2.24) is 14.8 Å². The van der Waals surface area contributed by atoms with Gasteiger partial charge in [-0.05, 0) is 48.7 Å². The molecule has 1 amide bonds. The van der Waals surface area contributed by atoms with E-state index in [-0.39, 0.29) is 11.7 Å². The lowest BCUT2D eigenvalue weighted by molar-refractivity contribution is -0.113. The van der Waals surface area contributed by atoms with Crippen molar-refractivity contribution in [2.75, 3.05) is 11.1 Å². The number of hydrogen-bond acceptors (Lipinski definition) is 5. The number of rotatable bonds is 10. The van der Waals surface area contributed by atoms with E-state index in [0.29, 0.717) is 6.54 Å². The molecule has 0 saturated carbocycles. The number of allylic oxidation sites excluding steroid dienone is 1. The van der Waals surface area contributed by atoms with Crippen molar-refractivity contribution in [2.24, 2.45) is 0 Å². The fourth-order valence-corrected chi connectivity index (χ4v) is 4.69. The van der Waals surface area contributed by atoms with Crippen LogP contribution in [0.5, 0.6) is 0 Å². The van der Waals surface area contributed by atoms with E-state index in [1.165, 1.54) is 17.3 Å². The van der Waals surface area contributed by atoms with Crippen molar-refractivity contribution in [3.05, 3.63) is 82.7 Å². The summed E-state index contributed by atoms with van der Waals surface area (Å²) in [6.45, 7) is 8.43. The lowest BCUT2D eigenvalue weighted by Gasteiger charge is -2.10. The molecule has 0 aliphatic rings. The maximum atomic E-state index is 12.5. The quantitative estimate of drug-likeness (QED) is 0.294. The van der Waals surface area contributed by atoms with E-state index in [1.54, 1.807) is 11.8 Å². The maximum Gasteiger partial charge on any atom is 0.234 e. The topological polar surface area (TPSA) is 59.8 Å². The molecule has 3 rings (SSSR count). The van der Waals surface area contributed by atoms with E-state index >= 15 is 0 Å². The van der Waals surface area contributed by atoms with Gasteiger partial charge in [0.25, 0.3) is 0 Å². The van der Waals surface area contributed by atoms with Crippen molar-refractivity contribution in [3.63, 3.8) is 0 Å². The number of nitrogens with one attached hydrogen (secondary N) is 1. The van der Waals surface area contributed by atoms with Gasteiger partial charge in [0.1, 0.15) is 5.82 Å².